The van der Waals surface area contributed by atoms with Crippen LogP contribution < -0.4 is 0 Å². The summed E-state index contributed by atoms with van der Waals surface area (Å²) in [5, 5.41) is 2.92. The van der Waals surface area contributed by atoms with E-state index in [1.165, 1.54) is 0 Å². The minimum absolute atomic E-state index is 0.109. The van der Waals surface area contributed by atoms with Crippen molar-refractivity contribution in [1.29, 1.82) is 0 Å². The minimum Gasteiger partial charge on any atom is -0.290 e. The van der Waals surface area contributed by atoms with Gasteiger partial charge in [0.1, 0.15) is 0 Å². The lowest BCUT2D eigenvalue weighted by Crippen LogP contribution is -2.31. The summed E-state index contributed by atoms with van der Waals surface area (Å²) in [7, 11) is 0. The fourth-order valence-electron chi connectivity index (χ4n) is 2.53. The van der Waals surface area contributed by atoms with Crippen LogP contribution in [0.3, 0.4) is 0 Å². The topological polar surface area (TPSA) is 65.8 Å². The number of azide groups is 1. The van der Waals surface area contributed by atoms with Crippen molar-refractivity contribution in [2.24, 2.45) is 11.0 Å². The highest BCUT2D eigenvalue weighted by Gasteiger charge is 2.43. The van der Waals surface area contributed by atoms with Crippen LogP contribution >= 0.6 is 0 Å². The van der Waals surface area contributed by atoms with Crippen molar-refractivity contribution in [3.05, 3.63) is 45.3 Å². The zero-order chi connectivity index (χ0) is 15.8. The molecule has 2 unspecified atom stereocenters. The molecular formula is C13H11F4N3O. The molecule has 2 rings (SSSR count). The van der Waals surface area contributed by atoms with Gasteiger partial charge in [-0.15, -0.1) is 0 Å². The maximum atomic E-state index is 14.5. The fourth-order valence-corrected chi connectivity index (χ4v) is 2.53. The molecule has 1 aromatic carbocycles. The molecule has 0 fully saturated rings. The summed E-state index contributed by atoms with van der Waals surface area (Å²) >= 11 is 0. The van der Waals surface area contributed by atoms with Crippen LogP contribution in [0.15, 0.2) is 23.3 Å². The first-order valence-corrected chi connectivity index (χ1v) is 6.17. The van der Waals surface area contributed by atoms with Crippen LogP contribution in [-0.4, -0.2) is 11.6 Å². The Morgan fingerprint density at radius 3 is 2.67 bits per heavy atom. The quantitative estimate of drug-likeness (QED) is 0.189. The second-order valence-corrected chi connectivity index (χ2v) is 5.16. The van der Waals surface area contributed by atoms with Gasteiger partial charge in [0.15, 0.2) is 0 Å². The minimum atomic E-state index is -4.54. The monoisotopic (exact) mass is 301 g/mol. The fraction of sp³-hybridized carbons (Fsp3) is 0.462. The van der Waals surface area contributed by atoms with Gasteiger partial charge in [0, 0.05) is 10.5 Å². The Balaban J connectivity index is 2.58. The number of fused-ring (bicyclic) bond motifs is 1. The molecule has 2 atom stereocenters. The Bertz CT molecular complexity index is 637. The highest BCUT2D eigenvalue weighted by Crippen LogP contribution is 2.37. The number of carbonyl (C=O) groups excluding carboxylic acids is 1. The molecule has 0 heterocycles. The Labute approximate surface area is 117 Å². The van der Waals surface area contributed by atoms with Crippen molar-refractivity contribution in [3.63, 3.8) is 0 Å². The van der Waals surface area contributed by atoms with Crippen molar-refractivity contribution in [3.8, 4) is 0 Å². The van der Waals surface area contributed by atoms with E-state index >= 15 is 0 Å². The zero-order valence-corrected chi connectivity index (χ0v) is 11.0. The molecule has 1 aromatic rings. The Morgan fingerprint density at radius 2 is 2.10 bits per heavy atom. The highest BCUT2D eigenvalue weighted by molar-refractivity contribution is 6.03. The zero-order valence-electron chi connectivity index (χ0n) is 11.0. The Hall–Kier alpha value is -2.08. The summed E-state index contributed by atoms with van der Waals surface area (Å²) in [6.45, 7) is 1.59. The molecule has 0 spiro atoms. The van der Waals surface area contributed by atoms with Gasteiger partial charge < -0.3 is 0 Å². The van der Waals surface area contributed by atoms with E-state index in [9.17, 15) is 22.4 Å². The van der Waals surface area contributed by atoms with Crippen LogP contribution in [0.25, 0.3) is 10.4 Å². The molecule has 0 bridgehead atoms. The van der Waals surface area contributed by atoms with E-state index in [1.54, 1.807) is 6.92 Å². The second-order valence-electron chi connectivity index (χ2n) is 5.16. The maximum absolute atomic E-state index is 14.5. The van der Waals surface area contributed by atoms with Gasteiger partial charge in [0.25, 0.3) is 5.79 Å². The van der Waals surface area contributed by atoms with E-state index in [1.807, 2.05) is 0 Å². The number of halogens is 4. The third kappa shape index (κ3) is 2.85. The second kappa shape index (κ2) is 5.04. The molecule has 8 heteroatoms. The number of alkyl halides is 4. The molecule has 0 aromatic heterocycles. The summed E-state index contributed by atoms with van der Waals surface area (Å²) in [6.07, 6.45) is -4.78. The molecule has 0 saturated heterocycles. The van der Waals surface area contributed by atoms with Gasteiger partial charge in [0.05, 0.1) is 5.56 Å². The summed E-state index contributed by atoms with van der Waals surface area (Å²) < 4.78 is 52.6. The van der Waals surface area contributed by atoms with Gasteiger partial charge in [-0.05, 0) is 47.1 Å². The van der Waals surface area contributed by atoms with Crippen LogP contribution in [0.2, 0.25) is 0 Å². The van der Waals surface area contributed by atoms with Crippen molar-refractivity contribution in [2.75, 3.05) is 0 Å². The standard InChI is InChI=1S/C13H11F4N3O/c1-7-4-8-5-9(13(15,16)17)2-3-10(8)11(21)12(14,6-7)19-20-18/h2-3,5,7H,4,6H2,1H3. The van der Waals surface area contributed by atoms with Gasteiger partial charge in [-0.1, -0.05) is 13.0 Å². The lowest BCUT2D eigenvalue weighted by Gasteiger charge is -2.18. The average Bonchev–Trinajstić information content (AvgIpc) is 2.44. The smallest absolute Gasteiger partial charge is 0.290 e. The first-order valence-electron chi connectivity index (χ1n) is 6.17. The van der Waals surface area contributed by atoms with Crippen LogP contribution in [0, 0.1) is 5.92 Å². The number of hydrogen-bond donors (Lipinski definition) is 0. The molecule has 0 aliphatic heterocycles. The molecule has 21 heavy (non-hydrogen) atoms. The Morgan fingerprint density at radius 1 is 1.43 bits per heavy atom. The molecule has 1 aliphatic rings. The van der Waals surface area contributed by atoms with E-state index in [0.29, 0.717) is 0 Å². The molecule has 4 nitrogen and oxygen atoms in total. The number of benzene rings is 1. The molecular weight excluding hydrogens is 290 g/mol. The summed E-state index contributed by atoms with van der Waals surface area (Å²) in [4.78, 5) is 14.5. The summed E-state index contributed by atoms with van der Waals surface area (Å²) in [6, 6.07) is 2.52. The average molecular weight is 301 g/mol. The molecule has 0 saturated carbocycles. The summed E-state index contributed by atoms with van der Waals surface area (Å²) in [5.41, 5.74) is 7.46. The predicted molar refractivity (Wildman–Crippen MR) is 66.2 cm³/mol. The van der Waals surface area contributed by atoms with Crippen molar-refractivity contribution in [1.82, 2.24) is 0 Å². The van der Waals surface area contributed by atoms with Crippen molar-refractivity contribution < 1.29 is 22.4 Å². The highest BCUT2D eigenvalue weighted by atomic mass is 19.4. The van der Waals surface area contributed by atoms with Crippen LogP contribution in [-0.2, 0) is 12.6 Å². The first kappa shape index (κ1) is 15.3. The first-order chi connectivity index (χ1) is 9.67. The van der Waals surface area contributed by atoms with Crippen molar-refractivity contribution in [2.45, 2.75) is 31.7 Å². The number of hydrogen-bond acceptors (Lipinski definition) is 2. The third-order valence-electron chi connectivity index (χ3n) is 3.42. The van der Waals surface area contributed by atoms with E-state index in [-0.39, 0.29) is 24.0 Å². The number of rotatable bonds is 1. The largest absolute Gasteiger partial charge is 0.416 e. The van der Waals surface area contributed by atoms with Crippen molar-refractivity contribution >= 4 is 5.78 Å². The predicted octanol–water partition coefficient (Wildman–Crippen LogP) is 4.45. The van der Waals surface area contributed by atoms with Gasteiger partial charge in [-0.3, -0.25) is 4.79 Å². The number of nitrogens with zero attached hydrogens (tertiary/aromatic N) is 3. The van der Waals surface area contributed by atoms with Crippen LogP contribution in [0.4, 0.5) is 17.6 Å². The lowest BCUT2D eigenvalue weighted by atomic mass is 9.96. The van der Waals surface area contributed by atoms with Gasteiger partial charge >= 0.3 is 6.18 Å². The van der Waals surface area contributed by atoms with E-state index in [0.717, 1.165) is 18.2 Å². The number of Topliss-reactive ketones (excluding diaryl/α,β-unsaturated/α-hetero) is 1. The summed E-state index contributed by atoms with van der Waals surface area (Å²) in [5.74, 6) is -4.28. The van der Waals surface area contributed by atoms with Gasteiger partial charge in [-0.25, -0.2) is 4.39 Å². The van der Waals surface area contributed by atoms with Gasteiger partial charge in [0.2, 0.25) is 5.78 Å². The van der Waals surface area contributed by atoms with E-state index in [2.05, 4.69) is 10.0 Å². The van der Waals surface area contributed by atoms with Crippen LogP contribution in [0.1, 0.15) is 34.8 Å². The normalized spacial score (nSPS) is 25.8. The Kier molecular flexibility index (Phi) is 3.67. The number of carbonyl (C=O) groups is 1. The van der Waals surface area contributed by atoms with Crippen LogP contribution in [0.5, 0.6) is 0 Å². The lowest BCUT2D eigenvalue weighted by molar-refractivity contribution is -0.137. The van der Waals surface area contributed by atoms with Gasteiger partial charge in [-0.2, -0.15) is 13.2 Å². The molecule has 0 amide bonds. The molecule has 0 N–H and O–H groups in total. The third-order valence-corrected chi connectivity index (χ3v) is 3.42. The van der Waals surface area contributed by atoms with E-state index < -0.39 is 29.2 Å². The molecule has 112 valence electrons. The van der Waals surface area contributed by atoms with E-state index in [4.69, 9.17) is 5.53 Å². The molecule has 0 radical (unpaired) electrons. The SMILES string of the molecule is CC1Cc2cc(C(F)(F)F)ccc2C(=O)C(F)(N=[N+]=[N-])C1. The number of ketones is 1. The molecule has 1 aliphatic carbocycles. The maximum Gasteiger partial charge on any atom is 0.416 e.